The molecule has 0 spiro atoms. The van der Waals surface area contributed by atoms with Gasteiger partial charge in [0.25, 0.3) is 0 Å². The second-order valence-corrected chi connectivity index (χ2v) is 6.41. The summed E-state index contributed by atoms with van der Waals surface area (Å²) in [6, 6.07) is 0. The third-order valence-corrected chi connectivity index (χ3v) is 4.43. The van der Waals surface area contributed by atoms with Crippen molar-refractivity contribution in [1.82, 2.24) is 0 Å². The van der Waals surface area contributed by atoms with Crippen molar-refractivity contribution in [2.75, 3.05) is 26.4 Å². The molecular weight excluding hydrogens is 268 g/mol. The third kappa shape index (κ3) is 6.23. The van der Waals surface area contributed by atoms with Crippen molar-refractivity contribution in [2.45, 2.75) is 71.4 Å². The summed E-state index contributed by atoms with van der Waals surface area (Å²) in [5.41, 5.74) is 0. The van der Waals surface area contributed by atoms with Crippen molar-refractivity contribution in [1.29, 1.82) is 0 Å². The van der Waals surface area contributed by atoms with E-state index in [1.54, 1.807) is 0 Å². The molecule has 4 heteroatoms. The number of rotatable bonds is 8. The molecule has 2 saturated heterocycles. The van der Waals surface area contributed by atoms with Crippen molar-refractivity contribution in [3.8, 4) is 0 Å². The fourth-order valence-electron chi connectivity index (χ4n) is 2.96. The molecule has 0 unspecified atom stereocenters. The first-order chi connectivity index (χ1) is 10.3. The highest BCUT2D eigenvalue weighted by atomic mass is 16.7. The molecule has 0 aromatic rings. The Bertz CT molecular complexity index is 256. The van der Waals surface area contributed by atoms with Gasteiger partial charge in [0.15, 0.2) is 12.6 Å². The van der Waals surface area contributed by atoms with Gasteiger partial charge in [0.2, 0.25) is 0 Å². The molecule has 2 heterocycles. The molecule has 0 atom stereocenters. The van der Waals surface area contributed by atoms with Gasteiger partial charge in [-0.25, -0.2) is 0 Å². The minimum absolute atomic E-state index is 0.00677. The van der Waals surface area contributed by atoms with Crippen molar-refractivity contribution in [3.63, 3.8) is 0 Å². The Hall–Kier alpha value is -0.160. The lowest BCUT2D eigenvalue weighted by atomic mass is 10.0. The summed E-state index contributed by atoms with van der Waals surface area (Å²) in [4.78, 5) is 0. The van der Waals surface area contributed by atoms with Crippen LogP contribution in [-0.2, 0) is 18.9 Å². The van der Waals surface area contributed by atoms with Gasteiger partial charge in [-0.1, -0.05) is 33.1 Å². The molecule has 0 aliphatic carbocycles. The van der Waals surface area contributed by atoms with E-state index in [0.717, 1.165) is 45.7 Å². The van der Waals surface area contributed by atoms with Gasteiger partial charge in [-0.3, -0.25) is 0 Å². The van der Waals surface area contributed by atoms with Gasteiger partial charge in [0.05, 0.1) is 26.4 Å². The van der Waals surface area contributed by atoms with Crippen molar-refractivity contribution in [2.24, 2.45) is 11.8 Å². The molecule has 0 bridgehead atoms. The molecule has 2 rings (SSSR count). The zero-order chi connectivity index (χ0) is 14.9. The van der Waals surface area contributed by atoms with Crippen LogP contribution in [-0.4, -0.2) is 39.0 Å². The topological polar surface area (TPSA) is 36.9 Å². The van der Waals surface area contributed by atoms with Crippen molar-refractivity contribution < 1.29 is 18.9 Å². The van der Waals surface area contributed by atoms with Crippen LogP contribution in [0, 0.1) is 11.8 Å². The van der Waals surface area contributed by atoms with E-state index in [-0.39, 0.29) is 12.6 Å². The van der Waals surface area contributed by atoms with Gasteiger partial charge in [0, 0.05) is 11.8 Å². The van der Waals surface area contributed by atoms with Crippen LogP contribution in [0.1, 0.15) is 58.8 Å². The van der Waals surface area contributed by atoms with E-state index in [4.69, 9.17) is 18.9 Å². The zero-order valence-corrected chi connectivity index (χ0v) is 13.7. The first kappa shape index (κ1) is 17.2. The quantitative estimate of drug-likeness (QED) is 0.640. The highest BCUT2D eigenvalue weighted by Gasteiger charge is 2.25. The lowest BCUT2D eigenvalue weighted by Gasteiger charge is -2.32. The summed E-state index contributed by atoms with van der Waals surface area (Å²) in [5.74, 6) is 1.08. The predicted octanol–water partition coefficient (Wildman–Crippen LogP) is 3.74. The summed E-state index contributed by atoms with van der Waals surface area (Å²) in [6.07, 6.45) is 8.07. The third-order valence-electron chi connectivity index (χ3n) is 4.43. The summed E-state index contributed by atoms with van der Waals surface area (Å²) in [6.45, 7) is 7.68. The molecule has 4 nitrogen and oxygen atoms in total. The summed E-state index contributed by atoms with van der Waals surface area (Å²) < 4.78 is 23.0. The Morgan fingerprint density at radius 3 is 1.81 bits per heavy atom. The van der Waals surface area contributed by atoms with E-state index in [9.17, 15) is 0 Å². The van der Waals surface area contributed by atoms with Crippen LogP contribution < -0.4 is 0 Å². The van der Waals surface area contributed by atoms with Crippen molar-refractivity contribution >= 4 is 0 Å². The zero-order valence-electron chi connectivity index (χ0n) is 13.7. The molecule has 0 saturated carbocycles. The Kier molecular flexibility index (Phi) is 8.01. The van der Waals surface area contributed by atoms with E-state index >= 15 is 0 Å². The SMILES string of the molecule is CCCCC[C@H]1CO[C@H](CC[C@H]2CO[C@H](CC)OC2)OC1. The Morgan fingerprint density at radius 2 is 1.24 bits per heavy atom. The van der Waals surface area contributed by atoms with Gasteiger partial charge in [-0.15, -0.1) is 0 Å². The molecule has 0 N–H and O–H groups in total. The largest absolute Gasteiger partial charge is 0.352 e. The summed E-state index contributed by atoms with van der Waals surface area (Å²) in [7, 11) is 0. The minimum Gasteiger partial charge on any atom is -0.352 e. The van der Waals surface area contributed by atoms with E-state index in [1.165, 1.54) is 25.7 Å². The number of unbranched alkanes of at least 4 members (excludes halogenated alkanes) is 2. The molecule has 2 aliphatic rings. The van der Waals surface area contributed by atoms with Crippen LogP contribution in [0.5, 0.6) is 0 Å². The van der Waals surface area contributed by atoms with Crippen molar-refractivity contribution in [3.05, 3.63) is 0 Å². The minimum atomic E-state index is -0.0173. The maximum absolute atomic E-state index is 5.85. The lowest BCUT2D eigenvalue weighted by Crippen LogP contribution is -2.35. The Morgan fingerprint density at radius 1 is 0.667 bits per heavy atom. The fraction of sp³-hybridized carbons (Fsp3) is 1.00. The highest BCUT2D eigenvalue weighted by Crippen LogP contribution is 2.23. The highest BCUT2D eigenvalue weighted by molar-refractivity contribution is 4.67. The maximum Gasteiger partial charge on any atom is 0.157 e. The van der Waals surface area contributed by atoms with E-state index in [1.807, 2.05) is 0 Å². The second-order valence-electron chi connectivity index (χ2n) is 6.41. The molecule has 0 radical (unpaired) electrons. The average Bonchev–Trinajstić information content (AvgIpc) is 2.55. The van der Waals surface area contributed by atoms with Crippen LogP contribution >= 0.6 is 0 Å². The monoisotopic (exact) mass is 300 g/mol. The number of hydrogen-bond acceptors (Lipinski definition) is 4. The average molecular weight is 300 g/mol. The normalized spacial score (nSPS) is 34.0. The van der Waals surface area contributed by atoms with Crippen LogP contribution in [0.2, 0.25) is 0 Å². The fourth-order valence-corrected chi connectivity index (χ4v) is 2.96. The Balaban J connectivity index is 1.53. The first-order valence-corrected chi connectivity index (χ1v) is 8.78. The number of hydrogen-bond donors (Lipinski definition) is 0. The van der Waals surface area contributed by atoms with E-state index < -0.39 is 0 Å². The molecule has 21 heavy (non-hydrogen) atoms. The van der Waals surface area contributed by atoms with Crippen LogP contribution in [0.3, 0.4) is 0 Å². The van der Waals surface area contributed by atoms with E-state index in [2.05, 4.69) is 13.8 Å². The second kappa shape index (κ2) is 9.78. The van der Waals surface area contributed by atoms with Crippen LogP contribution in [0.25, 0.3) is 0 Å². The number of ether oxygens (including phenoxy) is 4. The van der Waals surface area contributed by atoms with Gasteiger partial charge in [0.1, 0.15) is 0 Å². The molecular formula is C17H32O4. The standard InChI is InChI=1S/C17H32O4/c1-3-5-6-7-14-10-20-17(21-11-14)9-8-15-12-18-16(4-2)19-13-15/h14-17H,3-13H2,1-2H3/t14-,15-,16-,17-. The summed E-state index contributed by atoms with van der Waals surface area (Å²) in [5, 5.41) is 0. The van der Waals surface area contributed by atoms with Crippen LogP contribution in [0.15, 0.2) is 0 Å². The van der Waals surface area contributed by atoms with Gasteiger partial charge in [-0.05, 0) is 25.7 Å². The van der Waals surface area contributed by atoms with Gasteiger partial charge >= 0.3 is 0 Å². The first-order valence-electron chi connectivity index (χ1n) is 8.78. The molecule has 2 aliphatic heterocycles. The van der Waals surface area contributed by atoms with Gasteiger partial charge in [-0.2, -0.15) is 0 Å². The summed E-state index contributed by atoms with van der Waals surface area (Å²) >= 11 is 0. The Labute approximate surface area is 129 Å². The maximum atomic E-state index is 5.85. The van der Waals surface area contributed by atoms with E-state index in [0.29, 0.717) is 11.8 Å². The van der Waals surface area contributed by atoms with Gasteiger partial charge < -0.3 is 18.9 Å². The molecule has 0 aromatic heterocycles. The molecule has 0 amide bonds. The smallest absolute Gasteiger partial charge is 0.157 e. The molecule has 0 aromatic carbocycles. The lowest BCUT2D eigenvalue weighted by molar-refractivity contribution is -0.218. The predicted molar refractivity (Wildman–Crippen MR) is 82.0 cm³/mol. The van der Waals surface area contributed by atoms with Crippen LogP contribution in [0.4, 0.5) is 0 Å². The molecule has 124 valence electrons. The molecule has 2 fully saturated rings.